The molecule has 0 aliphatic carbocycles. The summed E-state index contributed by atoms with van der Waals surface area (Å²) in [5, 5.41) is -0.667. The van der Waals surface area contributed by atoms with Crippen molar-refractivity contribution in [3.8, 4) is 0 Å². The molecule has 1 atom stereocenters. The zero-order valence-electron chi connectivity index (χ0n) is 8.05. The van der Waals surface area contributed by atoms with Crippen molar-refractivity contribution in [2.45, 2.75) is 24.5 Å². The van der Waals surface area contributed by atoms with Gasteiger partial charge in [0.2, 0.25) is 5.89 Å². The van der Waals surface area contributed by atoms with Crippen molar-refractivity contribution >= 4 is 16.1 Å². The van der Waals surface area contributed by atoms with E-state index in [1.165, 1.54) is 6.20 Å². The van der Waals surface area contributed by atoms with Gasteiger partial charge in [-0.15, -0.1) is 0 Å². The van der Waals surface area contributed by atoms with E-state index in [-0.39, 0.29) is 17.4 Å². The molecule has 1 aromatic heterocycles. The fraction of sp³-hybridized carbons (Fsp3) is 0.556. The Labute approximate surface area is 87.4 Å². The van der Waals surface area contributed by atoms with E-state index in [0.717, 1.165) is 6.42 Å². The van der Waals surface area contributed by atoms with Crippen molar-refractivity contribution in [2.24, 2.45) is 0 Å². The zero-order valence-corrected chi connectivity index (χ0v) is 8.87. The van der Waals surface area contributed by atoms with E-state index in [9.17, 15) is 13.2 Å². The monoisotopic (exact) mass is 229 g/mol. The van der Waals surface area contributed by atoms with Crippen molar-refractivity contribution in [1.29, 1.82) is 0 Å². The van der Waals surface area contributed by atoms with Crippen LogP contribution < -0.4 is 0 Å². The van der Waals surface area contributed by atoms with Gasteiger partial charge < -0.3 is 4.42 Å². The van der Waals surface area contributed by atoms with Gasteiger partial charge in [0.1, 0.15) is 5.25 Å². The smallest absolute Gasteiger partial charge is 0.213 e. The number of hydrogen-bond donors (Lipinski definition) is 0. The molecule has 0 radical (unpaired) electrons. The third kappa shape index (κ3) is 1.94. The summed E-state index contributed by atoms with van der Waals surface area (Å²) in [7, 11) is -3.14. The normalized spacial score (nSPS) is 24.9. The molecule has 82 valence electrons. The number of aldehydes is 1. The predicted octanol–water partition coefficient (Wildman–Crippen LogP) is 1.13. The van der Waals surface area contributed by atoms with Gasteiger partial charge in [0.15, 0.2) is 21.9 Å². The van der Waals surface area contributed by atoms with E-state index >= 15 is 0 Å². The molecule has 1 saturated heterocycles. The summed E-state index contributed by atoms with van der Waals surface area (Å²) < 4.78 is 28.4. The lowest BCUT2D eigenvalue weighted by atomic mass is 10.2. The number of nitrogens with zero attached hydrogens (tertiary/aromatic N) is 1. The molecule has 1 aliphatic heterocycles. The molecular weight excluding hydrogens is 218 g/mol. The molecule has 1 fully saturated rings. The minimum absolute atomic E-state index is 0.0748. The van der Waals surface area contributed by atoms with Crippen LogP contribution in [0.2, 0.25) is 0 Å². The van der Waals surface area contributed by atoms with Crippen molar-refractivity contribution in [3.05, 3.63) is 17.8 Å². The van der Waals surface area contributed by atoms with Crippen LogP contribution in [0.4, 0.5) is 0 Å². The van der Waals surface area contributed by atoms with Crippen LogP contribution in [0.25, 0.3) is 0 Å². The highest BCUT2D eigenvalue weighted by molar-refractivity contribution is 7.91. The largest absolute Gasteiger partial charge is 0.436 e. The number of oxazole rings is 1. The van der Waals surface area contributed by atoms with Gasteiger partial charge in [0.25, 0.3) is 0 Å². The van der Waals surface area contributed by atoms with E-state index in [1.54, 1.807) is 0 Å². The standard InChI is InChI=1S/C9H11NO4S/c11-6-7-5-10-9(14-7)8-3-1-2-4-15(8,12)13/h5-6,8H,1-4H2. The predicted molar refractivity (Wildman–Crippen MR) is 52.3 cm³/mol. The lowest BCUT2D eigenvalue weighted by Crippen LogP contribution is -2.21. The van der Waals surface area contributed by atoms with Crippen molar-refractivity contribution in [2.75, 3.05) is 5.75 Å². The second-order valence-corrected chi connectivity index (χ2v) is 5.87. The van der Waals surface area contributed by atoms with Gasteiger partial charge in [0.05, 0.1) is 11.9 Å². The van der Waals surface area contributed by atoms with Gasteiger partial charge >= 0.3 is 0 Å². The minimum Gasteiger partial charge on any atom is -0.436 e. The molecule has 5 nitrogen and oxygen atoms in total. The molecule has 1 aromatic rings. The van der Waals surface area contributed by atoms with Crippen LogP contribution in [0, 0.1) is 0 Å². The zero-order chi connectivity index (χ0) is 10.9. The summed E-state index contributed by atoms with van der Waals surface area (Å²) >= 11 is 0. The Balaban J connectivity index is 2.32. The lowest BCUT2D eigenvalue weighted by molar-refractivity contribution is 0.109. The Morgan fingerprint density at radius 2 is 2.27 bits per heavy atom. The lowest BCUT2D eigenvalue weighted by Gasteiger charge is -2.18. The van der Waals surface area contributed by atoms with Crippen LogP contribution in [0.1, 0.15) is 41.0 Å². The first-order valence-electron chi connectivity index (χ1n) is 4.76. The van der Waals surface area contributed by atoms with E-state index in [1.807, 2.05) is 0 Å². The maximum Gasteiger partial charge on any atom is 0.213 e. The molecule has 0 amide bonds. The number of sulfone groups is 1. The highest BCUT2D eigenvalue weighted by Gasteiger charge is 2.33. The molecule has 0 saturated carbocycles. The second kappa shape index (κ2) is 3.77. The molecule has 1 unspecified atom stereocenters. The summed E-state index contributed by atoms with van der Waals surface area (Å²) in [6.45, 7) is 0. The van der Waals surface area contributed by atoms with Crippen LogP contribution in [-0.4, -0.2) is 25.4 Å². The maximum atomic E-state index is 11.7. The van der Waals surface area contributed by atoms with Crippen molar-refractivity contribution in [1.82, 2.24) is 4.98 Å². The number of rotatable bonds is 2. The molecule has 0 aromatic carbocycles. The van der Waals surface area contributed by atoms with E-state index in [0.29, 0.717) is 19.1 Å². The summed E-state index contributed by atoms with van der Waals surface area (Å²) in [5.74, 6) is 0.402. The highest BCUT2D eigenvalue weighted by Crippen LogP contribution is 2.32. The Hall–Kier alpha value is -1.17. The average Bonchev–Trinajstić information content (AvgIpc) is 2.65. The SMILES string of the molecule is O=Cc1cnc(C2CCCCS2(=O)=O)o1. The molecule has 2 rings (SSSR count). The Bertz CT molecular complexity index is 462. The first kappa shape index (κ1) is 10.4. The van der Waals surface area contributed by atoms with Gasteiger partial charge in [-0.25, -0.2) is 13.4 Å². The molecule has 0 N–H and O–H groups in total. The summed E-state index contributed by atoms with van der Waals surface area (Å²) in [5.41, 5.74) is 0. The fourth-order valence-electron chi connectivity index (χ4n) is 1.74. The molecule has 0 bridgehead atoms. The fourth-order valence-corrected chi connectivity index (χ4v) is 3.57. The Morgan fingerprint density at radius 3 is 2.87 bits per heavy atom. The van der Waals surface area contributed by atoms with Crippen LogP contribution in [-0.2, 0) is 9.84 Å². The van der Waals surface area contributed by atoms with Crippen LogP contribution in [0.3, 0.4) is 0 Å². The number of aromatic nitrogens is 1. The third-order valence-electron chi connectivity index (χ3n) is 2.51. The summed E-state index contributed by atoms with van der Waals surface area (Å²) in [4.78, 5) is 14.2. The summed E-state index contributed by atoms with van der Waals surface area (Å²) in [6.07, 6.45) is 3.85. The Morgan fingerprint density at radius 1 is 1.47 bits per heavy atom. The first-order valence-corrected chi connectivity index (χ1v) is 6.47. The van der Waals surface area contributed by atoms with Gasteiger partial charge in [-0.2, -0.15) is 0 Å². The quantitative estimate of drug-likeness (QED) is 0.710. The van der Waals surface area contributed by atoms with Gasteiger partial charge in [-0.05, 0) is 12.8 Å². The maximum absolute atomic E-state index is 11.7. The van der Waals surface area contributed by atoms with E-state index < -0.39 is 15.1 Å². The van der Waals surface area contributed by atoms with Crippen LogP contribution in [0.15, 0.2) is 10.6 Å². The van der Waals surface area contributed by atoms with Gasteiger partial charge in [-0.1, -0.05) is 6.42 Å². The molecule has 15 heavy (non-hydrogen) atoms. The highest BCUT2D eigenvalue weighted by atomic mass is 32.2. The van der Waals surface area contributed by atoms with E-state index in [2.05, 4.69) is 4.98 Å². The molecule has 1 aliphatic rings. The number of hydrogen-bond acceptors (Lipinski definition) is 5. The summed E-state index contributed by atoms with van der Waals surface area (Å²) in [6, 6.07) is 0. The first-order chi connectivity index (χ1) is 7.13. The molecular formula is C9H11NO4S. The van der Waals surface area contributed by atoms with Gasteiger partial charge in [-0.3, -0.25) is 4.79 Å². The second-order valence-electron chi connectivity index (χ2n) is 3.57. The van der Waals surface area contributed by atoms with Crippen LogP contribution in [0.5, 0.6) is 0 Å². The number of carbonyl (C=O) groups excluding carboxylic acids is 1. The van der Waals surface area contributed by atoms with Crippen molar-refractivity contribution < 1.29 is 17.6 Å². The minimum atomic E-state index is -3.14. The van der Waals surface area contributed by atoms with Crippen molar-refractivity contribution in [3.63, 3.8) is 0 Å². The molecule has 6 heteroatoms. The molecule has 0 spiro atoms. The number of carbonyl (C=O) groups is 1. The van der Waals surface area contributed by atoms with E-state index in [4.69, 9.17) is 4.42 Å². The van der Waals surface area contributed by atoms with Gasteiger partial charge in [0, 0.05) is 0 Å². The average molecular weight is 229 g/mol. The molecule has 2 heterocycles. The topological polar surface area (TPSA) is 77.2 Å². The van der Waals surface area contributed by atoms with Crippen LogP contribution >= 0.6 is 0 Å². The third-order valence-corrected chi connectivity index (χ3v) is 4.67. The Kier molecular flexibility index (Phi) is 2.60.